The Hall–Kier alpha value is -2.20. The molecule has 3 nitrogen and oxygen atoms in total. The first-order valence-corrected chi connectivity index (χ1v) is 13.3. The van der Waals surface area contributed by atoms with Crippen molar-refractivity contribution in [2.45, 2.75) is 40.0 Å². The van der Waals surface area contributed by atoms with Gasteiger partial charge in [0.15, 0.2) is 0 Å². The molecule has 0 saturated carbocycles. The molecule has 0 unspecified atom stereocenters. The normalized spacial score (nSPS) is 11.3. The molecule has 2 aromatic heterocycles. The molecule has 3 rings (SSSR count). The van der Waals surface area contributed by atoms with Gasteiger partial charge in [-0.25, -0.2) is 4.68 Å². The van der Waals surface area contributed by atoms with Crippen molar-refractivity contribution in [1.82, 2.24) is 15.0 Å². The summed E-state index contributed by atoms with van der Waals surface area (Å²) in [6.45, 7) is 12.0. The van der Waals surface area contributed by atoms with Gasteiger partial charge in [0, 0.05) is 16.1 Å². The van der Waals surface area contributed by atoms with E-state index in [0.29, 0.717) is 6.54 Å². The molecule has 0 N–H and O–H groups in total. The van der Waals surface area contributed by atoms with E-state index < -0.39 is 8.07 Å². The van der Waals surface area contributed by atoms with Crippen molar-refractivity contribution in [1.29, 1.82) is 0 Å². The van der Waals surface area contributed by atoms with Gasteiger partial charge in [0.25, 0.3) is 0 Å². The Bertz CT molecular complexity index is 937. The zero-order chi connectivity index (χ0) is 18.7. The summed E-state index contributed by atoms with van der Waals surface area (Å²) in [7, 11) is -1.66. The van der Waals surface area contributed by atoms with Crippen LogP contribution in [-0.4, -0.2) is 23.1 Å². The number of benzene rings is 1. The summed E-state index contributed by atoms with van der Waals surface area (Å²) >= 11 is 1.69. The van der Waals surface area contributed by atoms with Gasteiger partial charge in [-0.2, -0.15) is 11.3 Å². The molecule has 0 aliphatic carbocycles. The van der Waals surface area contributed by atoms with Gasteiger partial charge in [0.1, 0.15) is 5.69 Å². The van der Waals surface area contributed by atoms with Gasteiger partial charge in [-0.3, -0.25) is 0 Å². The molecule has 5 heteroatoms. The summed E-state index contributed by atoms with van der Waals surface area (Å²) in [6.07, 6.45) is 0. The van der Waals surface area contributed by atoms with Crippen LogP contribution in [0.5, 0.6) is 0 Å². The molecule has 26 heavy (non-hydrogen) atoms. The van der Waals surface area contributed by atoms with Gasteiger partial charge in [-0.15, -0.1) is 10.8 Å². The highest BCUT2D eigenvalue weighted by molar-refractivity contribution is 7.08. The fraction of sp³-hybridized carbons (Fsp3) is 0.286. The lowest BCUT2D eigenvalue weighted by Crippen LogP contribution is -2.25. The first kappa shape index (κ1) is 18.6. The third kappa shape index (κ3) is 4.13. The lowest BCUT2D eigenvalue weighted by Gasteiger charge is -2.21. The average Bonchev–Trinajstić information content (AvgIpc) is 3.22. The van der Waals surface area contributed by atoms with Gasteiger partial charge in [-0.1, -0.05) is 55.2 Å². The maximum atomic E-state index is 4.57. The molecule has 3 aromatic rings. The molecular weight excluding hydrogens is 354 g/mol. The van der Waals surface area contributed by atoms with E-state index in [1.54, 1.807) is 11.3 Å². The highest BCUT2D eigenvalue weighted by atomic mass is 32.1. The van der Waals surface area contributed by atoms with E-state index in [9.17, 15) is 0 Å². The van der Waals surface area contributed by atoms with Crippen molar-refractivity contribution in [3.63, 3.8) is 0 Å². The Morgan fingerprint density at radius 2 is 1.85 bits per heavy atom. The summed E-state index contributed by atoms with van der Waals surface area (Å²) in [6, 6.07) is 12.6. The van der Waals surface area contributed by atoms with Crippen LogP contribution in [0.4, 0.5) is 0 Å². The molecule has 0 fully saturated rings. The van der Waals surface area contributed by atoms with Crippen LogP contribution in [0.15, 0.2) is 58.5 Å². The summed E-state index contributed by atoms with van der Waals surface area (Å²) in [5, 5.41) is 14.6. The van der Waals surface area contributed by atoms with E-state index in [1.807, 2.05) is 10.7 Å². The van der Waals surface area contributed by atoms with Crippen LogP contribution in [0.3, 0.4) is 0 Å². The van der Waals surface area contributed by atoms with E-state index in [1.165, 1.54) is 16.3 Å². The molecule has 0 spiro atoms. The van der Waals surface area contributed by atoms with Gasteiger partial charge >= 0.3 is 0 Å². The van der Waals surface area contributed by atoms with Crippen LogP contribution in [0.25, 0.3) is 16.5 Å². The standard InChI is InChI=1S/C21H25N3SSi/c1-16(2)13-19(26(3,4)5)21-20(18-11-12-25-15-18)22-23-24(21)14-17-9-7-6-8-10-17/h6-12,15H,14H2,1-5H3. The van der Waals surface area contributed by atoms with E-state index in [0.717, 1.165) is 17.0 Å². The minimum atomic E-state index is -1.66. The predicted molar refractivity (Wildman–Crippen MR) is 114 cm³/mol. The van der Waals surface area contributed by atoms with E-state index in [4.69, 9.17) is 0 Å². The van der Waals surface area contributed by atoms with Crippen LogP contribution < -0.4 is 0 Å². The van der Waals surface area contributed by atoms with Crippen molar-refractivity contribution in [2.75, 3.05) is 0 Å². The fourth-order valence-corrected chi connectivity index (χ4v) is 5.10. The number of allylic oxidation sites excluding steroid dienone is 1. The molecular formula is C21H25N3SSi. The molecule has 0 aliphatic heterocycles. The third-order valence-corrected chi connectivity index (χ3v) is 6.61. The van der Waals surface area contributed by atoms with Crippen molar-refractivity contribution in [3.05, 3.63) is 69.7 Å². The molecule has 0 bridgehead atoms. The van der Waals surface area contributed by atoms with Crippen LogP contribution >= 0.6 is 11.3 Å². The number of thiophene rings is 1. The first-order valence-electron chi connectivity index (χ1n) is 8.81. The van der Waals surface area contributed by atoms with Crippen molar-refractivity contribution in [3.8, 4) is 11.3 Å². The highest BCUT2D eigenvalue weighted by Crippen LogP contribution is 2.33. The Kier molecular flexibility index (Phi) is 5.42. The van der Waals surface area contributed by atoms with E-state index in [2.05, 4.69) is 90.6 Å². The maximum Gasteiger partial charge on any atom is 0.121 e. The molecule has 0 radical (unpaired) electrons. The maximum absolute atomic E-state index is 4.57. The van der Waals surface area contributed by atoms with Crippen LogP contribution in [0, 0.1) is 0 Å². The Morgan fingerprint density at radius 1 is 1.12 bits per heavy atom. The first-order chi connectivity index (χ1) is 12.4. The van der Waals surface area contributed by atoms with Crippen molar-refractivity contribution < 1.29 is 0 Å². The number of hydrogen-bond acceptors (Lipinski definition) is 3. The van der Waals surface area contributed by atoms with Crippen LogP contribution in [0.2, 0.25) is 19.6 Å². The minimum Gasteiger partial charge on any atom is -0.240 e. The number of rotatable bonds is 5. The molecule has 134 valence electrons. The fourth-order valence-electron chi connectivity index (χ4n) is 2.87. The second kappa shape index (κ2) is 7.58. The average molecular weight is 380 g/mol. The molecule has 2 heterocycles. The number of nitrogens with zero attached hydrogens (tertiary/aromatic N) is 3. The summed E-state index contributed by atoms with van der Waals surface area (Å²) in [5.41, 5.74) is 9.28. The summed E-state index contributed by atoms with van der Waals surface area (Å²) < 4.78 is 2.05. The number of aromatic nitrogens is 3. The van der Waals surface area contributed by atoms with Gasteiger partial charge in [0.2, 0.25) is 0 Å². The molecule has 0 atom stereocenters. The zero-order valence-electron chi connectivity index (χ0n) is 16.1. The highest BCUT2D eigenvalue weighted by Gasteiger charge is 2.28. The summed E-state index contributed by atoms with van der Waals surface area (Å²) in [5.74, 6) is 0. The monoisotopic (exact) mass is 379 g/mol. The van der Waals surface area contributed by atoms with Gasteiger partial charge in [-0.05, 0) is 36.4 Å². The second-order valence-electron chi connectivity index (χ2n) is 7.69. The number of hydrogen-bond donors (Lipinski definition) is 0. The lowest BCUT2D eigenvalue weighted by atomic mass is 10.1. The third-order valence-electron chi connectivity index (χ3n) is 4.07. The van der Waals surface area contributed by atoms with Crippen molar-refractivity contribution >= 4 is 24.6 Å². The lowest BCUT2D eigenvalue weighted by molar-refractivity contribution is 0.644. The largest absolute Gasteiger partial charge is 0.240 e. The van der Waals surface area contributed by atoms with Gasteiger partial charge in [0.05, 0.1) is 20.3 Å². The summed E-state index contributed by atoms with van der Waals surface area (Å²) in [4.78, 5) is 0. The predicted octanol–water partition coefficient (Wildman–Crippen LogP) is 5.88. The second-order valence-corrected chi connectivity index (χ2v) is 13.5. The van der Waals surface area contributed by atoms with E-state index in [-0.39, 0.29) is 0 Å². The quantitative estimate of drug-likeness (QED) is 0.409. The van der Waals surface area contributed by atoms with Crippen LogP contribution in [0.1, 0.15) is 25.1 Å². The van der Waals surface area contributed by atoms with Crippen LogP contribution in [-0.2, 0) is 6.54 Å². The smallest absolute Gasteiger partial charge is 0.121 e. The van der Waals surface area contributed by atoms with E-state index >= 15 is 0 Å². The zero-order valence-corrected chi connectivity index (χ0v) is 17.9. The molecule has 1 aromatic carbocycles. The topological polar surface area (TPSA) is 30.7 Å². The molecule has 0 amide bonds. The minimum absolute atomic E-state index is 0.714. The Balaban J connectivity index is 2.23. The SMILES string of the molecule is CC(C)=C=C(c1c(-c2ccsc2)nnn1Cc1ccccc1)[Si](C)(C)C. The van der Waals surface area contributed by atoms with Gasteiger partial charge < -0.3 is 0 Å². The Morgan fingerprint density at radius 3 is 2.42 bits per heavy atom. The Labute approximate surface area is 160 Å². The molecule has 0 saturated heterocycles. The molecule has 0 aliphatic rings. The van der Waals surface area contributed by atoms with Crippen molar-refractivity contribution in [2.24, 2.45) is 0 Å².